The van der Waals surface area contributed by atoms with Gasteiger partial charge in [-0.15, -0.1) is 0 Å². The summed E-state index contributed by atoms with van der Waals surface area (Å²) in [7, 11) is 0. The first-order valence-electron chi connectivity index (χ1n) is 4.06. The largest absolute Gasteiger partial charge is 0.392 e. The zero-order valence-corrected chi connectivity index (χ0v) is 8.05. The summed E-state index contributed by atoms with van der Waals surface area (Å²) in [5, 5.41) is 12.9. The quantitative estimate of drug-likeness (QED) is 0.700. The van der Waals surface area contributed by atoms with E-state index >= 15 is 0 Å². The van der Waals surface area contributed by atoms with Crippen molar-refractivity contribution in [3.63, 3.8) is 0 Å². The molecule has 0 fully saturated rings. The molecule has 1 aromatic heterocycles. The van der Waals surface area contributed by atoms with Crippen LogP contribution in [-0.2, 0) is 13.2 Å². The lowest BCUT2D eigenvalue weighted by molar-refractivity contribution is 0.281. The predicted octanol–water partition coefficient (Wildman–Crippen LogP) is 1.13. The number of aliphatic hydroxyl groups is 1. The normalized spacial score (nSPS) is 10.5. The second-order valence-corrected chi connectivity index (χ2v) is 3.86. The van der Waals surface area contributed by atoms with Crippen LogP contribution in [0.15, 0.2) is 12.4 Å². The number of nitrogens with zero attached hydrogens (tertiary/aromatic N) is 2. The van der Waals surface area contributed by atoms with Gasteiger partial charge < -0.3 is 5.11 Å². The first kappa shape index (κ1) is 9.61. The highest BCUT2D eigenvalue weighted by atomic mass is 32.2. The molecule has 1 rings (SSSR count). The standard InChI is InChI=1S/C8H14N2OS/c1-2-12-4-3-10-6-8(7-11)5-9-10/h5-6,11H,2-4,7H2,1H3. The van der Waals surface area contributed by atoms with Gasteiger partial charge in [0.1, 0.15) is 0 Å². The fraction of sp³-hybridized carbons (Fsp3) is 0.625. The molecule has 1 N–H and O–H groups in total. The summed E-state index contributed by atoms with van der Waals surface area (Å²) < 4.78 is 1.87. The molecule has 0 unspecified atom stereocenters. The van der Waals surface area contributed by atoms with Gasteiger partial charge in [0.15, 0.2) is 0 Å². The molecule has 0 aliphatic heterocycles. The Kier molecular flexibility index (Phi) is 4.18. The fourth-order valence-electron chi connectivity index (χ4n) is 0.913. The minimum atomic E-state index is 0.0842. The van der Waals surface area contributed by atoms with Gasteiger partial charge in [-0.05, 0) is 5.75 Å². The van der Waals surface area contributed by atoms with E-state index in [4.69, 9.17) is 5.11 Å². The SMILES string of the molecule is CCSCCn1cc(CO)cn1. The average molecular weight is 186 g/mol. The fourth-order valence-corrected chi connectivity index (χ4v) is 1.52. The predicted molar refractivity (Wildman–Crippen MR) is 51.1 cm³/mol. The van der Waals surface area contributed by atoms with E-state index in [-0.39, 0.29) is 6.61 Å². The van der Waals surface area contributed by atoms with Gasteiger partial charge in [-0.25, -0.2) is 0 Å². The summed E-state index contributed by atoms with van der Waals surface area (Å²) in [4.78, 5) is 0. The van der Waals surface area contributed by atoms with Crippen molar-refractivity contribution in [3.8, 4) is 0 Å². The highest BCUT2D eigenvalue weighted by molar-refractivity contribution is 7.99. The monoisotopic (exact) mass is 186 g/mol. The maximum atomic E-state index is 8.76. The van der Waals surface area contributed by atoms with Gasteiger partial charge in [0.2, 0.25) is 0 Å². The second-order valence-electron chi connectivity index (χ2n) is 2.47. The molecule has 4 heteroatoms. The Morgan fingerprint density at radius 2 is 2.50 bits per heavy atom. The molecule has 3 nitrogen and oxygen atoms in total. The van der Waals surface area contributed by atoms with E-state index in [0.29, 0.717) is 0 Å². The van der Waals surface area contributed by atoms with Gasteiger partial charge in [0.05, 0.1) is 12.8 Å². The van der Waals surface area contributed by atoms with Crippen LogP contribution >= 0.6 is 11.8 Å². The molecule has 0 spiro atoms. The summed E-state index contributed by atoms with van der Waals surface area (Å²) in [6, 6.07) is 0. The Balaban J connectivity index is 2.31. The van der Waals surface area contributed by atoms with E-state index in [0.717, 1.165) is 23.6 Å². The minimum Gasteiger partial charge on any atom is -0.392 e. The van der Waals surface area contributed by atoms with Gasteiger partial charge in [0.25, 0.3) is 0 Å². The summed E-state index contributed by atoms with van der Waals surface area (Å²) in [5.74, 6) is 2.23. The van der Waals surface area contributed by atoms with Gasteiger partial charge in [-0.2, -0.15) is 16.9 Å². The van der Waals surface area contributed by atoms with E-state index in [1.165, 1.54) is 0 Å². The van der Waals surface area contributed by atoms with Crippen molar-refractivity contribution in [3.05, 3.63) is 18.0 Å². The maximum absolute atomic E-state index is 8.76. The van der Waals surface area contributed by atoms with Crippen LogP contribution in [0, 0.1) is 0 Å². The number of hydrogen-bond donors (Lipinski definition) is 1. The Labute approximate surface area is 76.8 Å². The molecular formula is C8H14N2OS. The van der Waals surface area contributed by atoms with E-state index in [1.54, 1.807) is 6.20 Å². The van der Waals surface area contributed by atoms with Crippen molar-refractivity contribution >= 4 is 11.8 Å². The van der Waals surface area contributed by atoms with Crippen molar-refractivity contribution in [2.75, 3.05) is 11.5 Å². The highest BCUT2D eigenvalue weighted by Crippen LogP contribution is 2.01. The van der Waals surface area contributed by atoms with Crippen LogP contribution in [0.1, 0.15) is 12.5 Å². The first-order chi connectivity index (χ1) is 5.86. The molecular weight excluding hydrogens is 172 g/mol. The topological polar surface area (TPSA) is 38.0 Å². The third-order valence-electron chi connectivity index (χ3n) is 1.54. The lowest BCUT2D eigenvalue weighted by Crippen LogP contribution is -2.00. The molecule has 1 heterocycles. The van der Waals surface area contributed by atoms with Crippen LogP contribution in [0.3, 0.4) is 0 Å². The Hall–Kier alpha value is -0.480. The first-order valence-corrected chi connectivity index (χ1v) is 5.22. The second kappa shape index (κ2) is 5.22. The Morgan fingerprint density at radius 3 is 3.08 bits per heavy atom. The Morgan fingerprint density at radius 1 is 1.67 bits per heavy atom. The Bertz CT molecular complexity index is 225. The summed E-state index contributed by atoms with van der Waals surface area (Å²) in [5.41, 5.74) is 0.886. The van der Waals surface area contributed by atoms with E-state index < -0.39 is 0 Å². The summed E-state index contributed by atoms with van der Waals surface area (Å²) in [6.07, 6.45) is 3.59. The number of aromatic nitrogens is 2. The number of hydrogen-bond acceptors (Lipinski definition) is 3. The molecule has 0 aliphatic rings. The maximum Gasteiger partial charge on any atom is 0.0712 e. The number of aliphatic hydroxyl groups excluding tert-OH is 1. The van der Waals surface area contributed by atoms with Gasteiger partial charge in [0, 0.05) is 24.1 Å². The van der Waals surface area contributed by atoms with Crippen LogP contribution in [0.5, 0.6) is 0 Å². The highest BCUT2D eigenvalue weighted by Gasteiger charge is 1.95. The zero-order valence-electron chi connectivity index (χ0n) is 7.23. The van der Waals surface area contributed by atoms with Gasteiger partial charge in [-0.1, -0.05) is 6.92 Å². The van der Waals surface area contributed by atoms with Crippen molar-refractivity contribution in [2.45, 2.75) is 20.1 Å². The van der Waals surface area contributed by atoms with Crippen LogP contribution in [0.2, 0.25) is 0 Å². The van der Waals surface area contributed by atoms with Crippen molar-refractivity contribution in [1.29, 1.82) is 0 Å². The molecule has 0 saturated carbocycles. The molecule has 0 bridgehead atoms. The summed E-state index contributed by atoms with van der Waals surface area (Å²) in [6.45, 7) is 3.16. The van der Waals surface area contributed by atoms with E-state index in [1.807, 2.05) is 22.6 Å². The molecule has 0 aromatic carbocycles. The summed E-state index contributed by atoms with van der Waals surface area (Å²) >= 11 is 1.90. The number of thioether (sulfide) groups is 1. The molecule has 0 atom stereocenters. The van der Waals surface area contributed by atoms with E-state index in [9.17, 15) is 0 Å². The van der Waals surface area contributed by atoms with Crippen molar-refractivity contribution in [1.82, 2.24) is 9.78 Å². The van der Waals surface area contributed by atoms with Crippen LogP contribution in [0.4, 0.5) is 0 Å². The molecule has 1 aromatic rings. The molecule has 0 radical (unpaired) electrons. The van der Waals surface area contributed by atoms with Crippen LogP contribution in [-0.4, -0.2) is 26.4 Å². The third kappa shape index (κ3) is 2.87. The average Bonchev–Trinajstić information content (AvgIpc) is 2.53. The molecule has 0 saturated heterocycles. The smallest absolute Gasteiger partial charge is 0.0712 e. The van der Waals surface area contributed by atoms with Gasteiger partial charge in [-0.3, -0.25) is 4.68 Å². The molecule has 0 aliphatic carbocycles. The number of aryl methyl sites for hydroxylation is 1. The number of rotatable bonds is 5. The van der Waals surface area contributed by atoms with Gasteiger partial charge >= 0.3 is 0 Å². The third-order valence-corrected chi connectivity index (χ3v) is 2.42. The van der Waals surface area contributed by atoms with Crippen LogP contribution in [0.25, 0.3) is 0 Å². The molecule has 0 amide bonds. The minimum absolute atomic E-state index is 0.0842. The lowest BCUT2D eigenvalue weighted by atomic mass is 10.4. The van der Waals surface area contributed by atoms with E-state index in [2.05, 4.69) is 12.0 Å². The zero-order chi connectivity index (χ0) is 8.81. The molecule has 68 valence electrons. The molecule has 12 heavy (non-hydrogen) atoms. The van der Waals surface area contributed by atoms with Crippen molar-refractivity contribution in [2.24, 2.45) is 0 Å². The van der Waals surface area contributed by atoms with Crippen molar-refractivity contribution < 1.29 is 5.11 Å². The van der Waals surface area contributed by atoms with Crippen LogP contribution < -0.4 is 0 Å². The lowest BCUT2D eigenvalue weighted by Gasteiger charge is -1.98.